The standard InChI is InChI=1S/C32H41NO6/c1-22-15-27-29-28(38-31(16-22,37-27)21-35-19-25-10-6-4-7-11-25)17-32(39-29)24(3)14-23(2)18-33(32)30(34)36-20-26-12-8-5-9-13-26/h4-13,22-24,27-29H,14-21H2,1-3H3/t22-,23+,24-,27+,28+,29+,31-,32-/m0/s1. The van der Waals surface area contributed by atoms with Crippen LogP contribution in [0.25, 0.3) is 0 Å². The third kappa shape index (κ3) is 5.34. The topological polar surface area (TPSA) is 66.5 Å². The summed E-state index contributed by atoms with van der Waals surface area (Å²) in [5.41, 5.74) is 1.32. The van der Waals surface area contributed by atoms with Crippen LogP contribution in [0.3, 0.4) is 0 Å². The Kier molecular flexibility index (Phi) is 7.44. The van der Waals surface area contributed by atoms with Crippen LogP contribution in [0.5, 0.6) is 0 Å². The number of likely N-dealkylation sites (tertiary alicyclic amines) is 1. The number of benzene rings is 2. The molecule has 0 N–H and O–H groups in total. The third-order valence-electron chi connectivity index (χ3n) is 8.93. The first-order valence-corrected chi connectivity index (χ1v) is 14.5. The summed E-state index contributed by atoms with van der Waals surface area (Å²) >= 11 is 0. The van der Waals surface area contributed by atoms with Gasteiger partial charge in [0.15, 0.2) is 11.5 Å². The van der Waals surface area contributed by atoms with Crippen LogP contribution in [0.1, 0.15) is 57.6 Å². The van der Waals surface area contributed by atoms with Crippen LogP contribution in [0.2, 0.25) is 0 Å². The zero-order valence-electron chi connectivity index (χ0n) is 23.3. The van der Waals surface area contributed by atoms with Gasteiger partial charge in [-0.3, -0.25) is 4.90 Å². The van der Waals surface area contributed by atoms with Gasteiger partial charge in [-0.05, 0) is 35.8 Å². The van der Waals surface area contributed by atoms with Gasteiger partial charge in [0.1, 0.15) is 19.3 Å². The quantitative estimate of drug-likeness (QED) is 0.458. The molecular weight excluding hydrogens is 494 g/mol. The molecule has 39 heavy (non-hydrogen) atoms. The van der Waals surface area contributed by atoms with Crippen LogP contribution in [-0.2, 0) is 36.9 Å². The average molecular weight is 536 g/mol. The Balaban J connectivity index is 1.19. The highest BCUT2D eigenvalue weighted by molar-refractivity contribution is 5.69. The molecule has 4 saturated heterocycles. The molecule has 4 aliphatic heterocycles. The first kappa shape index (κ1) is 26.8. The molecule has 4 fully saturated rings. The van der Waals surface area contributed by atoms with Crippen molar-refractivity contribution in [2.24, 2.45) is 17.8 Å². The summed E-state index contributed by atoms with van der Waals surface area (Å²) in [6, 6.07) is 20.0. The molecule has 2 aromatic carbocycles. The normalized spacial score (nSPS) is 37.5. The zero-order valence-corrected chi connectivity index (χ0v) is 23.3. The Morgan fingerprint density at radius 2 is 1.51 bits per heavy atom. The molecule has 1 spiro atoms. The van der Waals surface area contributed by atoms with E-state index in [-0.39, 0.29) is 36.9 Å². The fourth-order valence-corrected chi connectivity index (χ4v) is 7.26. The van der Waals surface area contributed by atoms with E-state index in [4.69, 9.17) is 23.7 Å². The summed E-state index contributed by atoms with van der Waals surface area (Å²) in [4.78, 5) is 15.4. The maximum atomic E-state index is 13.6. The fourth-order valence-electron chi connectivity index (χ4n) is 7.26. The van der Waals surface area contributed by atoms with Crippen LogP contribution in [0.4, 0.5) is 4.79 Å². The molecule has 6 rings (SSSR count). The number of rotatable bonds is 6. The van der Waals surface area contributed by atoms with Gasteiger partial charge >= 0.3 is 6.09 Å². The number of ether oxygens (including phenoxy) is 5. The monoisotopic (exact) mass is 535 g/mol. The minimum atomic E-state index is -0.795. The third-order valence-corrected chi connectivity index (χ3v) is 8.93. The predicted molar refractivity (Wildman–Crippen MR) is 145 cm³/mol. The maximum absolute atomic E-state index is 13.6. The fraction of sp³-hybridized carbons (Fsp3) is 0.594. The smallest absolute Gasteiger partial charge is 0.412 e. The van der Waals surface area contributed by atoms with E-state index in [2.05, 4.69) is 32.9 Å². The van der Waals surface area contributed by atoms with E-state index in [1.54, 1.807) is 0 Å². The SMILES string of the molecule is C[C@@H]1C[C@H](C)[C@@]2(C[C@H]3O[C@]4(COCc5ccccc5)C[C@@H](C)C[C@@H](O4)[C@H]3O2)N(C(=O)OCc2ccccc2)C1. The number of carbonyl (C=O) groups is 1. The number of fused-ring (bicyclic) bond motifs is 4. The van der Waals surface area contributed by atoms with Gasteiger partial charge < -0.3 is 23.7 Å². The van der Waals surface area contributed by atoms with Crippen LogP contribution in [0.15, 0.2) is 60.7 Å². The van der Waals surface area contributed by atoms with E-state index in [0.717, 1.165) is 30.4 Å². The molecule has 0 aliphatic carbocycles. The molecule has 2 aromatic rings. The van der Waals surface area contributed by atoms with Crippen LogP contribution >= 0.6 is 0 Å². The van der Waals surface area contributed by atoms with Crippen molar-refractivity contribution < 1.29 is 28.5 Å². The van der Waals surface area contributed by atoms with Gasteiger partial charge in [0.2, 0.25) is 0 Å². The van der Waals surface area contributed by atoms with Crippen molar-refractivity contribution in [2.75, 3.05) is 13.2 Å². The Morgan fingerprint density at radius 3 is 2.23 bits per heavy atom. The first-order valence-electron chi connectivity index (χ1n) is 14.5. The molecule has 2 bridgehead atoms. The summed E-state index contributed by atoms with van der Waals surface area (Å²) in [5.74, 6) is 0.121. The molecule has 210 valence electrons. The van der Waals surface area contributed by atoms with Crippen molar-refractivity contribution in [3.63, 3.8) is 0 Å². The highest BCUT2D eigenvalue weighted by Gasteiger charge is 2.64. The largest absolute Gasteiger partial charge is 0.444 e. The molecule has 4 heterocycles. The van der Waals surface area contributed by atoms with E-state index in [1.165, 1.54) is 0 Å². The second-order valence-corrected chi connectivity index (χ2v) is 12.3. The molecule has 4 aliphatic rings. The molecule has 0 saturated carbocycles. The lowest BCUT2D eigenvalue weighted by Crippen LogP contribution is -2.61. The summed E-state index contributed by atoms with van der Waals surface area (Å²) in [5, 5.41) is 0. The van der Waals surface area contributed by atoms with E-state index >= 15 is 0 Å². The molecule has 0 aromatic heterocycles. The zero-order chi connectivity index (χ0) is 27.0. The summed E-state index contributed by atoms with van der Waals surface area (Å²) < 4.78 is 32.3. The van der Waals surface area contributed by atoms with E-state index in [1.807, 2.05) is 53.4 Å². The van der Waals surface area contributed by atoms with Crippen molar-refractivity contribution >= 4 is 6.09 Å². The maximum Gasteiger partial charge on any atom is 0.412 e. The molecule has 7 nitrogen and oxygen atoms in total. The van der Waals surface area contributed by atoms with E-state index < -0.39 is 11.5 Å². The van der Waals surface area contributed by atoms with Gasteiger partial charge in [-0.1, -0.05) is 81.4 Å². The highest BCUT2D eigenvalue weighted by atomic mass is 16.8. The Hall–Kier alpha value is -2.45. The summed E-state index contributed by atoms with van der Waals surface area (Å²) in [7, 11) is 0. The van der Waals surface area contributed by atoms with Crippen molar-refractivity contribution in [1.82, 2.24) is 4.90 Å². The Morgan fingerprint density at radius 1 is 0.846 bits per heavy atom. The highest BCUT2D eigenvalue weighted by Crippen LogP contribution is 2.53. The molecule has 0 unspecified atom stereocenters. The van der Waals surface area contributed by atoms with Crippen molar-refractivity contribution in [2.45, 2.75) is 89.5 Å². The van der Waals surface area contributed by atoms with Gasteiger partial charge in [0.05, 0.1) is 18.8 Å². The van der Waals surface area contributed by atoms with Gasteiger partial charge in [0.25, 0.3) is 0 Å². The first-order chi connectivity index (χ1) is 18.9. The van der Waals surface area contributed by atoms with Crippen LogP contribution in [0, 0.1) is 17.8 Å². The lowest BCUT2D eigenvalue weighted by atomic mass is 9.79. The van der Waals surface area contributed by atoms with Gasteiger partial charge in [-0.2, -0.15) is 0 Å². The lowest BCUT2D eigenvalue weighted by molar-refractivity contribution is -0.377. The lowest BCUT2D eigenvalue weighted by Gasteiger charge is -2.51. The van der Waals surface area contributed by atoms with Gasteiger partial charge in [-0.15, -0.1) is 0 Å². The number of amides is 1. The minimum Gasteiger partial charge on any atom is -0.444 e. The van der Waals surface area contributed by atoms with Crippen LogP contribution < -0.4 is 0 Å². The van der Waals surface area contributed by atoms with E-state index in [9.17, 15) is 4.79 Å². The van der Waals surface area contributed by atoms with Crippen LogP contribution in [-0.4, -0.2) is 54.0 Å². The van der Waals surface area contributed by atoms with Crippen molar-refractivity contribution in [3.8, 4) is 0 Å². The average Bonchev–Trinajstić information content (AvgIpc) is 3.30. The predicted octanol–water partition coefficient (Wildman–Crippen LogP) is 5.91. The van der Waals surface area contributed by atoms with Crippen molar-refractivity contribution in [1.29, 1.82) is 0 Å². The van der Waals surface area contributed by atoms with Crippen molar-refractivity contribution in [3.05, 3.63) is 71.8 Å². The number of hydrogen-bond acceptors (Lipinski definition) is 6. The Labute approximate surface area is 231 Å². The Bertz CT molecular complexity index is 1130. The summed E-state index contributed by atoms with van der Waals surface area (Å²) in [6.07, 6.45) is 2.46. The second kappa shape index (κ2) is 10.8. The van der Waals surface area contributed by atoms with E-state index in [0.29, 0.717) is 38.0 Å². The number of hydrogen-bond donors (Lipinski definition) is 0. The molecule has 7 heteroatoms. The number of carbonyl (C=O) groups excluding carboxylic acids is 1. The second-order valence-electron chi connectivity index (χ2n) is 12.3. The molecule has 8 atom stereocenters. The van der Waals surface area contributed by atoms with Gasteiger partial charge in [-0.25, -0.2) is 4.79 Å². The van der Waals surface area contributed by atoms with Gasteiger partial charge in [0, 0.05) is 25.3 Å². The minimum absolute atomic E-state index is 0.0964. The molecule has 0 radical (unpaired) electrons. The molecule has 1 amide bonds. The number of nitrogens with zero attached hydrogens (tertiary/aromatic N) is 1. The molecular formula is C32H41NO6. The summed E-state index contributed by atoms with van der Waals surface area (Å²) in [6.45, 7) is 8.35. The number of piperidine rings is 1.